The van der Waals surface area contributed by atoms with Crippen molar-refractivity contribution >= 4 is 61.1 Å². The monoisotopic (exact) mass is 601 g/mol. The first kappa shape index (κ1) is 28.1. The Bertz CT molecular complexity index is 1660. The van der Waals surface area contributed by atoms with E-state index in [2.05, 4.69) is 15.5 Å². The van der Waals surface area contributed by atoms with Crippen molar-refractivity contribution in [3.63, 3.8) is 0 Å². The quantitative estimate of drug-likeness (QED) is 0.244. The van der Waals surface area contributed by atoms with Crippen molar-refractivity contribution in [2.45, 2.75) is 10.6 Å². The summed E-state index contributed by atoms with van der Waals surface area (Å²) in [6.45, 7) is 5.42. The number of thiophene rings is 1. The lowest BCUT2D eigenvalue weighted by atomic mass is 10.1. The Labute approximate surface area is 240 Å². The number of carbonyl (C=O) groups is 1. The van der Waals surface area contributed by atoms with Crippen LogP contribution in [0.25, 0.3) is 16.5 Å². The van der Waals surface area contributed by atoms with E-state index in [9.17, 15) is 18.0 Å². The predicted octanol–water partition coefficient (Wildman–Crippen LogP) is 4.35. The Morgan fingerprint density at radius 2 is 1.75 bits per heavy atom. The molecule has 0 unspecified atom stereocenters. The summed E-state index contributed by atoms with van der Waals surface area (Å²) >= 11 is 6.64. The molecule has 3 heterocycles. The Morgan fingerprint density at radius 1 is 1.00 bits per heavy atom. The third kappa shape index (κ3) is 6.83. The number of aromatic nitrogens is 1. The molecule has 5 rings (SSSR count). The molecule has 40 heavy (non-hydrogen) atoms. The molecule has 1 fully saturated rings. The van der Waals surface area contributed by atoms with Gasteiger partial charge in [-0.1, -0.05) is 11.6 Å². The Hall–Kier alpha value is -3.42. The van der Waals surface area contributed by atoms with Crippen molar-refractivity contribution in [2.75, 3.05) is 50.0 Å². The highest BCUT2D eigenvalue weighted by Crippen LogP contribution is 2.25. The zero-order chi connectivity index (χ0) is 28.1. The summed E-state index contributed by atoms with van der Waals surface area (Å²) in [7, 11) is -4.04. The van der Waals surface area contributed by atoms with Crippen LogP contribution >= 0.6 is 22.9 Å². The van der Waals surface area contributed by atoms with Crippen molar-refractivity contribution in [2.24, 2.45) is 0 Å². The maximum Gasteiger partial charge on any atom is 0.333 e. The van der Waals surface area contributed by atoms with Gasteiger partial charge in [0.15, 0.2) is 0 Å². The number of morpholine rings is 1. The highest BCUT2D eigenvalue weighted by molar-refractivity contribution is 7.92. The zero-order valence-corrected chi connectivity index (χ0v) is 23.8. The van der Waals surface area contributed by atoms with E-state index in [1.807, 2.05) is 29.0 Å². The number of ether oxygens (including phenoxy) is 1. The SMILES string of the molecule is O=C(Nc1ccc(-n2ccc3cc(NCCCN4CCOCC4)ccc3c2=O)cc1)NS(=O)(=O)c1ccc(Cl)s1. The summed E-state index contributed by atoms with van der Waals surface area (Å²) < 4.78 is 33.7. The molecule has 210 valence electrons. The summed E-state index contributed by atoms with van der Waals surface area (Å²) in [5.41, 5.74) is 1.75. The van der Waals surface area contributed by atoms with Crippen LogP contribution in [0.3, 0.4) is 0 Å². The number of hydrogen-bond donors (Lipinski definition) is 3. The molecule has 0 bridgehead atoms. The minimum Gasteiger partial charge on any atom is -0.385 e. The van der Waals surface area contributed by atoms with E-state index in [0.717, 1.165) is 68.2 Å². The fourth-order valence-corrected chi connectivity index (χ4v) is 6.79. The Balaban J connectivity index is 1.20. The van der Waals surface area contributed by atoms with Gasteiger partial charge in [-0.3, -0.25) is 14.3 Å². The van der Waals surface area contributed by atoms with Crippen LogP contribution in [-0.4, -0.2) is 63.3 Å². The van der Waals surface area contributed by atoms with Gasteiger partial charge in [0, 0.05) is 48.3 Å². The second-order valence-electron chi connectivity index (χ2n) is 9.19. The molecule has 1 aliphatic heterocycles. The van der Waals surface area contributed by atoms with Gasteiger partial charge in [0.25, 0.3) is 15.6 Å². The van der Waals surface area contributed by atoms with Crippen molar-refractivity contribution in [1.29, 1.82) is 0 Å². The number of nitrogens with one attached hydrogen (secondary N) is 3. The van der Waals surface area contributed by atoms with Gasteiger partial charge in [-0.15, -0.1) is 11.3 Å². The summed E-state index contributed by atoms with van der Waals surface area (Å²) in [5.74, 6) is 0. The maximum atomic E-state index is 13.2. The number of halogens is 1. The summed E-state index contributed by atoms with van der Waals surface area (Å²) in [6.07, 6.45) is 2.73. The third-order valence-electron chi connectivity index (χ3n) is 6.43. The number of nitrogens with zero attached hydrogens (tertiary/aromatic N) is 2. The minimum absolute atomic E-state index is 0.0645. The van der Waals surface area contributed by atoms with Gasteiger partial charge in [-0.2, -0.15) is 0 Å². The number of rotatable bonds is 9. The van der Waals surface area contributed by atoms with Crippen LogP contribution < -0.4 is 20.9 Å². The second kappa shape index (κ2) is 12.4. The second-order valence-corrected chi connectivity index (χ2v) is 12.8. The van der Waals surface area contributed by atoms with Gasteiger partial charge in [-0.25, -0.2) is 17.9 Å². The van der Waals surface area contributed by atoms with E-state index < -0.39 is 16.1 Å². The third-order valence-corrected chi connectivity index (χ3v) is 9.49. The molecule has 1 saturated heterocycles. The van der Waals surface area contributed by atoms with E-state index >= 15 is 0 Å². The number of urea groups is 1. The highest BCUT2D eigenvalue weighted by Gasteiger charge is 2.20. The van der Waals surface area contributed by atoms with E-state index in [-0.39, 0.29) is 9.77 Å². The first-order valence-corrected chi connectivity index (χ1v) is 15.4. The van der Waals surface area contributed by atoms with Gasteiger partial charge < -0.3 is 15.4 Å². The molecule has 4 aromatic rings. The molecule has 2 aromatic heterocycles. The van der Waals surface area contributed by atoms with Crippen LogP contribution in [0, 0.1) is 0 Å². The Morgan fingerprint density at radius 3 is 2.48 bits per heavy atom. The molecule has 0 saturated carbocycles. The molecule has 0 aliphatic carbocycles. The molecule has 3 N–H and O–H groups in total. The van der Waals surface area contributed by atoms with Gasteiger partial charge in [0.1, 0.15) is 4.21 Å². The van der Waals surface area contributed by atoms with Gasteiger partial charge in [-0.05, 0) is 79.0 Å². The standard InChI is InChI=1S/C27H28ClN5O5S2/c28-24-8-9-25(39-24)40(36,37)31-27(35)30-20-2-5-22(6-3-20)33-13-10-19-18-21(4-7-23(19)26(33)34)29-11-1-12-32-14-16-38-17-15-32/h2-10,13,18,29H,1,11-12,14-17H2,(H2,30,31,35). The van der Waals surface area contributed by atoms with Crippen LogP contribution in [-0.2, 0) is 14.8 Å². The summed E-state index contributed by atoms with van der Waals surface area (Å²) in [4.78, 5) is 27.9. The average Bonchev–Trinajstić information content (AvgIpc) is 3.39. The number of fused-ring (bicyclic) bond motifs is 1. The number of anilines is 2. The molecule has 13 heteroatoms. The van der Waals surface area contributed by atoms with Crippen LogP contribution in [0.2, 0.25) is 4.34 Å². The number of sulfonamides is 1. The lowest BCUT2D eigenvalue weighted by Gasteiger charge is -2.26. The van der Waals surface area contributed by atoms with Gasteiger partial charge in [0.05, 0.1) is 17.6 Å². The molecule has 10 nitrogen and oxygen atoms in total. The molecule has 0 atom stereocenters. The largest absolute Gasteiger partial charge is 0.385 e. The number of carbonyl (C=O) groups excluding carboxylic acids is 1. The lowest BCUT2D eigenvalue weighted by molar-refractivity contribution is 0.0378. The van der Waals surface area contributed by atoms with Crippen molar-refractivity contribution in [3.05, 3.63) is 81.6 Å². The molecular weight excluding hydrogens is 574 g/mol. The van der Waals surface area contributed by atoms with E-state index in [1.165, 1.54) is 16.7 Å². The number of benzene rings is 2. The van der Waals surface area contributed by atoms with Crippen LogP contribution in [0.4, 0.5) is 16.2 Å². The fraction of sp³-hybridized carbons (Fsp3) is 0.259. The van der Waals surface area contributed by atoms with Gasteiger partial charge >= 0.3 is 6.03 Å². The van der Waals surface area contributed by atoms with Crippen LogP contribution in [0.5, 0.6) is 0 Å². The first-order valence-electron chi connectivity index (χ1n) is 12.7. The summed E-state index contributed by atoms with van der Waals surface area (Å²) in [5, 5.41) is 7.34. The normalized spacial score (nSPS) is 14.2. The van der Waals surface area contributed by atoms with E-state index in [0.29, 0.717) is 21.1 Å². The van der Waals surface area contributed by atoms with Crippen molar-refractivity contribution in [1.82, 2.24) is 14.2 Å². The lowest BCUT2D eigenvalue weighted by Crippen LogP contribution is -2.37. The van der Waals surface area contributed by atoms with Crippen molar-refractivity contribution in [3.8, 4) is 5.69 Å². The number of pyridine rings is 1. The molecule has 2 amide bonds. The molecular formula is C27H28ClN5O5S2. The summed E-state index contributed by atoms with van der Waals surface area (Å²) in [6, 6.07) is 15.9. The van der Waals surface area contributed by atoms with Crippen LogP contribution in [0.15, 0.2) is 75.9 Å². The molecule has 2 aromatic carbocycles. The predicted molar refractivity (Wildman–Crippen MR) is 159 cm³/mol. The average molecular weight is 602 g/mol. The first-order chi connectivity index (χ1) is 19.3. The molecule has 0 radical (unpaired) electrons. The van der Waals surface area contributed by atoms with E-state index in [1.54, 1.807) is 30.5 Å². The van der Waals surface area contributed by atoms with Gasteiger partial charge in [0.2, 0.25) is 0 Å². The maximum absolute atomic E-state index is 13.2. The topological polar surface area (TPSA) is 122 Å². The molecule has 1 aliphatic rings. The number of hydrogen-bond acceptors (Lipinski definition) is 8. The van der Waals surface area contributed by atoms with E-state index in [4.69, 9.17) is 16.3 Å². The smallest absolute Gasteiger partial charge is 0.333 e. The highest BCUT2D eigenvalue weighted by atomic mass is 35.5. The fourth-order valence-electron chi connectivity index (χ4n) is 4.40. The van der Waals surface area contributed by atoms with Crippen molar-refractivity contribution < 1.29 is 17.9 Å². The Kier molecular flexibility index (Phi) is 8.72. The van der Waals surface area contributed by atoms with Crippen LogP contribution in [0.1, 0.15) is 6.42 Å². The number of amides is 2. The molecule has 0 spiro atoms. The zero-order valence-electron chi connectivity index (χ0n) is 21.4. The minimum atomic E-state index is -4.04.